The number of hydrogen-bond acceptors (Lipinski definition) is 6. The second-order valence-electron chi connectivity index (χ2n) is 4.07. The highest BCUT2D eigenvalue weighted by molar-refractivity contribution is 5.76. The Bertz CT molecular complexity index is 261. The standard InChI is InChI=1S/C10H19NO6/c1-2-3-6(13)11-7-9(15)8(14)5(4-12)17-10(7)16/h5,7-10,12,14-16H,2-4H2,1H3,(H,11,13)/t5?,7?,8-,9+,10?/m0/s1. The summed E-state index contributed by atoms with van der Waals surface area (Å²) in [5, 5.41) is 40.1. The lowest BCUT2D eigenvalue weighted by molar-refractivity contribution is -0.253. The number of aliphatic hydroxyl groups excluding tert-OH is 4. The molecule has 1 fully saturated rings. The number of carbonyl (C=O) groups is 1. The summed E-state index contributed by atoms with van der Waals surface area (Å²) in [5.41, 5.74) is 0. The molecule has 1 amide bonds. The van der Waals surface area contributed by atoms with Crippen LogP contribution in [-0.4, -0.2) is 63.6 Å². The number of carbonyl (C=O) groups excluding carboxylic acids is 1. The molecule has 0 saturated carbocycles. The van der Waals surface area contributed by atoms with Gasteiger partial charge in [0.1, 0.15) is 24.4 Å². The summed E-state index contributed by atoms with van der Waals surface area (Å²) in [6.45, 7) is 1.30. The van der Waals surface area contributed by atoms with Gasteiger partial charge in [-0.2, -0.15) is 0 Å². The van der Waals surface area contributed by atoms with E-state index < -0.39 is 37.3 Å². The van der Waals surface area contributed by atoms with Crippen LogP contribution in [-0.2, 0) is 9.53 Å². The molecule has 7 nitrogen and oxygen atoms in total. The first-order valence-corrected chi connectivity index (χ1v) is 5.61. The van der Waals surface area contributed by atoms with Gasteiger partial charge in [-0.05, 0) is 6.42 Å². The highest BCUT2D eigenvalue weighted by Gasteiger charge is 2.44. The molecule has 100 valence electrons. The van der Waals surface area contributed by atoms with Crippen LogP contribution in [0.15, 0.2) is 0 Å². The molecule has 0 aliphatic carbocycles. The number of hydrogen-bond donors (Lipinski definition) is 5. The van der Waals surface area contributed by atoms with Crippen LogP contribution >= 0.6 is 0 Å². The van der Waals surface area contributed by atoms with Crippen LogP contribution in [0.3, 0.4) is 0 Å². The van der Waals surface area contributed by atoms with Crippen molar-refractivity contribution in [2.75, 3.05) is 6.61 Å². The van der Waals surface area contributed by atoms with E-state index in [2.05, 4.69) is 5.32 Å². The highest BCUT2D eigenvalue weighted by Crippen LogP contribution is 2.19. The fourth-order valence-electron chi connectivity index (χ4n) is 1.74. The fourth-order valence-corrected chi connectivity index (χ4v) is 1.74. The van der Waals surface area contributed by atoms with Crippen LogP contribution in [0.4, 0.5) is 0 Å². The molecule has 0 aromatic rings. The Balaban J connectivity index is 2.63. The second-order valence-corrected chi connectivity index (χ2v) is 4.07. The average molecular weight is 249 g/mol. The predicted molar refractivity (Wildman–Crippen MR) is 56.8 cm³/mol. The smallest absolute Gasteiger partial charge is 0.220 e. The van der Waals surface area contributed by atoms with Gasteiger partial charge in [-0.25, -0.2) is 0 Å². The Kier molecular flexibility index (Phi) is 5.29. The quantitative estimate of drug-likeness (QED) is 0.382. The Morgan fingerprint density at radius 1 is 1.29 bits per heavy atom. The first-order valence-electron chi connectivity index (χ1n) is 5.61. The van der Waals surface area contributed by atoms with E-state index in [0.29, 0.717) is 6.42 Å². The van der Waals surface area contributed by atoms with Crippen LogP contribution in [0.25, 0.3) is 0 Å². The van der Waals surface area contributed by atoms with Crippen molar-refractivity contribution in [2.24, 2.45) is 0 Å². The molecule has 1 aliphatic rings. The van der Waals surface area contributed by atoms with Crippen LogP contribution < -0.4 is 5.32 Å². The molecule has 0 aromatic heterocycles. The molecule has 3 unspecified atom stereocenters. The van der Waals surface area contributed by atoms with E-state index in [1.165, 1.54) is 0 Å². The molecule has 7 heteroatoms. The number of nitrogens with one attached hydrogen (secondary N) is 1. The van der Waals surface area contributed by atoms with Crippen molar-refractivity contribution in [3.05, 3.63) is 0 Å². The van der Waals surface area contributed by atoms with E-state index >= 15 is 0 Å². The second kappa shape index (κ2) is 6.27. The van der Waals surface area contributed by atoms with E-state index in [-0.39, 0.29) is 12.3 Å². The Morgan fingerprint density at radius 3 is 2.47 bits per heavy atom. The fraction of sp³-hybridized carbons (Fsp3) is 0.900. The average Bonchev–Trinajstić information content (AvgIpc) is 2.29. The Hall–Kier alpha value is -0.730. The molecule has 5 atom stereocenters. The summed E-state index contributed by atoms with van der Waals surface area (Å²) in [5.74, 6) is -0.339. The first kappa shape index (κ1) is 14.3. The predicted octanol–water partition coefficient (Wildman–Crippen LogP) is -2.30. The van der Waals surface area contributed by atoms with Gasteiger partial charge < -0.3 is 30.5 Å². The lowest BCUT2D eigenvalue weighted by Crippen LogP contribution is -2.64. The van der Waals surface area contributed by atoms with Gasteiger partial charge in [0, 0.05) is 6.42 Å². The van der Waals surface area contributed by atoms with E-state index in [0.717, 1.165) is 0 Å². The van der Waals surface area contributed by atoms with Crippen LogP contribution in [0, 0.1) is 0 Å². The lowest BCUT2D eigenvalue weighted by Gasteiger charge is -2.40. The summed E-state index contributed by atoms with van der Waals surface area (Å²) >= 11 is 0. The number of ether oxygens (including phenoxy) is 1. The van der Waals surface area contributed by atoms with Gasteiger partial charge in [0.05, 0.1) is 6.61 Å². The third-order valence-corrected chi connectivity index (χ3v) is 2.70. The van der Waals surface area contributed by atoms with Crippen molar-refractivity contribution < 1.29 is 30.0 Å². The molecule has 0 radical (unpaired) electrons. The number of rotatable bonds is 4. The van der Waals surface area contributed by atoms with E-state index in [4.69, 9.17) is 9.84 Å². The van der Waals surface area contributed by atoms with Gasteiger partial charge in [-0.1, -0.05) is 6.92 Å². The molecular weight excluding hydrogens is 230 g/mol. The maximum absolute atomic E-state index is 11.3. The number of aliphatic hydroxyl groups is 4. The molecule has 0 spiro atoms. The third kappa shape index (κ3) is 3.36. The molecule has 17 heavy (non-hydrogen) atoms. The van der Waals surface area contributed by atoms with E-state index in [1.54, 1.807) is 0 Å². The minimum absolute atomic E-state index is 0.259. The highest BCUT2D eigenvalue weighted by atomic mass is 16.6. The van der Waals surface area contributed by atoms with Crippen molar-refractivity contribution in [1.82, 2.24) is 5.32 Å². The van der Waals surface area contributed by atoms with E-state index in [9.17, 15) is 20.1 Å². The first-order chi connectivity index (χ1) is 8.01. The summed E-state index contributed by atoms with van der Waals surface area (Å²) in [6.07, 6.45) is -4.35. The van der Waals surface area contributed by atoms with Gasteiger partial charge in [0.25, 0.3) is 0 Å². The monoisotopic (exact) mass is 249 g/mol. The van der Waals surface area contributed by atoms with E-state index in [1.807, 2.05) is 6.92 Å². The van der Waals surface area contributed by atoms with Crippen LogP contribution in [0.2, 0.25) is 0 Å². The van der Waals surface area contributed by atoms with Gasteiger partial charge in [0.2, 0.25) is 5.91 Å². The van der Waals surface area contributed by atoms with Crippen LogP contribution in [0.5, 0.6) is 0 Å². The molecule has 0 bridgehead atoms. The maximum Gasteiger partial charge on any atom is 0.220 e. The Labute approximate surface area is 99.0 Å². The molecule has 1 rings (SSSR count). The maximum atomic E-state index is 11.3. The topological polar surface area (TPSA) is 119 Å². The summed E-state index contributed by atoms with van der Waals surface area (Å²) in [4.78, 5) is 11.3. The molecule has 1 aliphatic heterocycles. The largest absolute Gasteiger partial charge is 0.394 e. The van der Waals surface area contributed by atoms with Crippen molar-refractivity contribution in [3.8, 4) is 0 Å². The number of amides is 1. The summed E-state index contributed by atoms with van der Waals surface area (Å²) in [7, 11) is 0. The van der Waals surface area contributed by atoms with Gasteiger partial charge in [0.15, 0.2) is 6.29 Å². The van der Waals surface area contributed by atoms with Crippen molar-refractivity contribution >= 4 is 5.91 Å². The molecule has 0 aromatic carbocycles. The zero-order valence-electron chi connectivity index (χ0n) is 9.61. The zero-order chi connectivity index (χ0) is 13.0. The molecule has 1 heterocycles. The van der Waals surface area contributed by atoms with Crippen molar-refractivity contribution in [1.29, 1.82) is 0 Å². The molecule has 1 saturated heterocycles. The van der Waals surface area contributed by atoms with Crippen molar-refractivity contribution in [2.45, 2.75) is 50.4 Å². The zero-order valence-corrected chi connectivity index (χ0v) is 9.61. The summed E-state index contributed by atoms with van der Waals surface area (Å²) < 4.78 is 4.89. The minimum atomic E-state index is -1.45. The van der Waals surface area contributed by atoms with Gasteiger partial charge in [-0.15, -0.1) is 0 Å². The lowest BCUT2D eigenvalue weighted by atomic mass is 9.97. The van der Waals surface area contributed by atoms with Gasteiger partial charge in [-0.3, -0.25) is 4.79 Å². The third-order valence-electron chi connectivity index (χ3n) is 2.70. The SMILES string of the molecule is CCCC(=O)NC1C(O)OC(CO)[C@H](O)[C@@H]1O. The summed E-state index contributed by atoms with van der Waals surface area (Å²) in [6, 6.07) is -1.09. The van der Waals surface area contributed by atoms with Crippen LogP contribution in [0.1, 0.15) is 19.8 Å². The normalized spacial score (nSPS) is 37.8. The Morgan fingerprint density at radius 2 is 1.94 bits per heavy atom. The minimum Gasteiger partial charge on any atom is -0.394 e. The molecular formula is C10H19NO6. The van der Waals surface area contributed by atoms with Crippen molar-refractivity contribution in [3.63, 3.8) is 0 Å². The molecule has 5 N–H and O–H groups in total. The van der Waals surface area contributed by atoms with Gasteiger partial charge >= 0.3 is 0 Å².